The topological polar surface area (TPSA) is 46.2 Å². The first-order valence-corrected chi connectivity index (χ1v) is 8.69. The third-order valence-electron chi connectivity index (χ3n) is 3.16. The number of unbranched alkanes of at least 4 members (excludes halogenated alkanes) is 1. The van der Waals surface area contributed by atoms with Gasteiger partial charge in [0.2, 0.25) is 0 Å². The third kappa shape index (κ3) is 5.87. The van der Waals surface area contributed by atoms with Crippen LogP contribution in [0, 0.1) is 0 Å². The standard InChI is InChI=1S/C13H29NO2S/c1-5-9-11-17(15,16)13(7-3)12(10-6-2)14-8-4/h12-14H,5-11H2,1-4H3. The maximum absolute atomic E-state index is 12.3. The van der Waals surface area contributed by atoms with Crippen molar-refractivity contribution in [3.8, 4) is 0 Å². The van der Waals surface area contributed by atoms with Crippen LogP contribution in [0.15, 0.2) is 0 Å². The van der Waals surface area contributed by atoms with Crippen LogP contribution < -0.4 is 5.32 Å². The van der Waals surface area contributed by atoms with Gasteiger partial charge in [-0.05, 0) is 25.8 Å². The lowest BCUT2D eigenvalue weighted by atomic mass is 10.1. The lowest BCUT2D eigenvalue weighted by molar-refractivity contribution is 0.444. The van der Waals surface area contributed by atoms with Crippen molar-refractivity contribution in [2.75, 3.05) is 12.3 Å². The molecule has 0 aromatic rings. The minimum Gasteiger partial charge on any atom is -0.313 e. The maximum Gasteiger partial charge on any atom is 0.154 e. The van der Waals surface area contributed by atoms with Crippen LogP contribution in [-0.4, -0.2) is 32.0 Å². The lowest BCUT2D eigenvalue weighted by Gasteiger charge is -2.26. The fraction of sp³-hybridized carbons (Fsp3) is 1.00. The summed E-state index contributed by atoms with van der Waals surface area (Å²) in [5, 5.41) is 3.12. The van der Waals surface area contributed by atoms with Gasteiger partial charge < -0.3 is 5.32 Å². The van der Waals surface area contributed by atoms with Crippen molar-refractivity contribution in [3.05, 3.63) is 0 Å². The van der Waals surface area contributed by atoms with Crippen molar-refractivity contribution in [2.24, 2.45) is 0 Å². The summed E-state index contributed by atoms with van der Waals surface area (Å²) in [6.07, 6.45) is 4.40. The fourth-order valence-corrected chi connectivity index (χ4v) is 4.51. The minimum absolute atomic E-state index is 0.122. The molecule has 0 aromatic heterocycles. The Labute approximate surface area is 107 Å². The van der Waals surface area contributed by atoms with Gasteiger partial charge in [-0.3, -0.25) is 0 Å². The summed E-state index contributed by atoms with van der Waals surface area (Å²) in [4.78, 5) is 0. The van der Waals surface area contributed by atoms with E-state index in [1.165, 1.54) is 0 Å². The molecule has 4 heteroatoms. The molecule has 3 nitrogen and oxygen atoms in total. The molecule has 0 aliphatic carbocycles. The van der Waals surface area contributed by atoms with Crippen LogP contribution in [0.4, 0.5) is 0 Å². The SMILES string of the molecule is CCCCS(=O)(=O)C(CC)C(CCC)NCC. The Morgan fingerprint density at radius 3 is 2.12 bits per heavy atom. The molecular formula is C13H29NO2S. The van der Waals surface area contributed by atoms with Crippen molar-refractivity contribution in [3.63, 3.8) is 0 Å². The van der Waals surface area contributed by atoms with Gasteiger partial charge in [0.15, 0.2) is 9.84 Å². The highest BCUT2D eigenvalue weighted by molar-refractivity contribution is 7.92. The van der Waals surface area contributed by atoms with Crippen molar-refractivity contribution in [1.29, 1.82) is 0 Å². The maximum atomic E-state index is 12.3. The van der Waals surface area contributed by atoms with Crippen LogP contribution in [-0.2, 0) is 9.84 Å². The first-order valence-electron chi connectivity index (χ1n) is 6.98. The zero-order valence-corrected chi connectivity index (χ0v) is 12.6. The molecule has 0 aliphatic rings. The van der Waals surface area contributed by atoms with E-state index >= 15 is 0 Å². The highest BCUT2D eigenvalue weighted by Gasteiger charge is 2.30. The Bertz CT molecular complexity index is 269. The predicted molar refractivity (Wildman–Crippen MR) is 75.1 cm³/mol. The first-order chi connectivity index (χ1) is 8.03. The zero-order chi connectivity index (χ0) is 13.3. The largest absolute Gasteiger partial charge is 0.313 e. The van der Waals surface area contributed by atoms with Crippen LogP contribution in [0.3, 0.4) is 0 Å². The van der Waals surface area contributed by atoms with Gasteiger partial charge in [0.1, 0.15) is 0 Å². The van der Waals surface area contributed by atoms with Gasteiger partial charge in [-0.15, -0.1) is 0 Å². The predicted octanol–water partition coefficient (Wildman–Crippen LogP) is 2.76. The van der Waals surface area contributed by atoms with E-state index < -0.39 is 9.84 Å². The Morgan fingerprint density at radius 2 is 1.71 bits per heavy atom. The lowest BCUT2D eigenvalue weighted by Crippen LogP contribution is -2.44. The van der Waals surface area contributed by atoms with Crippen LogP contribution in [0.5, 0.6) is 0 Å². The van der Waals surface area contributed by atoms with Gasteiger partial charge in [0.05, 0.1) is 11.0 Å². The molecule has 0 rings (SSSR count). The molecule has 104 valence electrons. The molecule has 1 N–H and O–H groups in total. The molecule has 0 radical (unpaired) electrons. The van der Waals surface area contributed by atoms with Gasteiger partial charge in [-0.1, -0.05) is 40.5 Å². The summed E-state index contributed by atoms with van der Waals surface area (Å²) in [6, 6.07) is 0.122. The van der Waals surface area contributed by atoms with E-state index in [1.54, 1.807) is 0 Å². The number of nitrogens with one attached hydrogen (secondary N) is 1. The molecule has 0 saturated carbocycles. The Kier molecular flexibility index (Phi) is 8.88. The van der Waals surface area contributed by atoms with Crippen LogP contribution in [0.1, 0.15) is 59.8 Å². The molecule has 0 aliphatic heterocycles. The summed E-state index contributed by atoms with van der Waals surface area (Å²) < 4.78 is 24.5. The second-order valence-corrected chi connectivity index (χ2v) is 6.96. The van der Waals surface area contributed by atoms with Crippen LogP contribution >= 0.6 is 0 Å². The Balaban J connectivity index is 4.74. The average Bonchev–Trinajstić information content (AvgIpc) is 2.27. The Morgan fingerprint density at radius 1 is 1.06 bits per heavy atom. The number of rotatable bonds is 10. The second kappa shape index (κ2) is 8.92. The highest BCUT2D eigenvalue weighted by atomic mass is 32.2. The van der Waals surface area contributed by atoms with Gasteiger partial charge >= 0.3 is 0 Å². The van der Waals surface area contributed by atoms with Crippen molar-refractivity contribution in [2.45, 2.75) is 71.1 Å². The van der Waals surface area contributed by atoms with E-state index in [-0.39, 0.29) is 11.3 Å². The summed E-state index contributed by atoms with van der Waals surface area (Å²) in [5.74, 6) is 0.341. The second-order valence-electron chi connectivity index (χ2n) is 4.62. The van der Waals surface area contributed by atoms with Gasteiger partial charge in [-0.2, -0.15) is 0 Å². The molecule has 0 heterocycles. The smallest absolute Gasteiger partial charge is 0.154 e. The number of sulfone groups is 1. The van der Waals surface area contributed by atoms with E-state index in [0.717, 1.165) is 32.2 Å². The average molecular weight is 263 g/mol. The van der Waals surface area contributed by atoms with Crippen molar-refractivity contribution < 1.29 is 8.42 Å². The minimum atomic E-state index is -2.94. The van der Waals surface area contributed by atoms with E-state index in [0.29, 0.717) is 12.2 Å². The molecule has 0 spiro atoms. The van der Waals surface area contributed by atoms with Crippen LogP contribution in [0.25, 0.3) is 0 Å². The molecule has 2 unspecified atom stereocenters. The monoisotopic (exact) mass is 263 g/mol. The zero-order valence-electron chi connectivity index (χ0n) is 11.8. The molecule has 2 atom stereocenters. The molecule has 0 aromatic carbocycles. The van der Waals surface area contributed by atoms with Crippen molar-refractivity contribution in [1.82, 2.24) is 5.32 Å². The quantitative estimate of drug-likeness (QED) is 0.659. The normalized spacial score (nSPS) is 15.8. The Hall–Kier alpha value is -0.0900. The summed E-state index contributed by atoms with van der Waals surface area (Å²) in [5.41, 5.74) is 0. The van der Waals surface area contributed by atoms with E-state index in [9.17, 15) is 8.42 Å². The molecule has 17 heavy (non-hydrogen) atoms. The molecule has 0 amide bonds. The molecule has 0 saturated heterocycles. The third-order valence-corrected chi connectivity index (χ3v) is 5.60. The number of hydrogen-bond acceptors (Lipinski definition) is 3. The van der Waals surface area contributed by atoms with Gasteiger partial charge in [-0.25, -0.2) is 8.42 Å². The summed E-state index contributed by atoms with van der Waals surface area (Å²) in [6.45, 7) is 8.99. The highest BCUT2D eigenvalue weighted by Crippen LogP contribution is 2.17. The van der Waals surface area contributed by atoms with Gasteiger partial charge in [0.25, 0.3) is 0 Å². The molecular weight excluding hydrogens is 234 g/mol. The number of hydrogen-bond donors (Lipinski definition) is 1. The van der Waals surface area contributed by atoms with E-state index in [4.69, 9.17) is 0 Å². The molecule has 0 bridgehead atoms. The summed E-state index contributed by atoms with van der Waals surface area (Å²) in [7, 11) is -2.94. The van der Waals surface area contributed by atoms with Crippen LogP contribution in [0.2, 0.25) is 0 Å². The van der Waals surface area contributed by atoms with Gasteiger partial charge in [0, 0.05) is 6.04 Å². The van der Waals surface area contributed by atoms with E-state index in [2.05, 4.69) is 12.2 Å². The summed E-state index contributed by atoms with van der Waals surface area (Å²) >= 11 is 0. The first kappa shape index (κ1) is 16.9. The van der Waals surface area contributed by atoms with E-state index in [1.807, 2.05) is 20.8 Å². The fourth-order valence-electron chi connectivity index (χ4n) is 2.28. The molecule has 0 fully saturated rings. The van der Waals surface area contributed by atoms with Crippen molar-refractivity contribution >= 4 is 9.84 Å².